The van der Waals surface area contributed by atoms with E-state index in [-0.39, 0.29) is 28.3 Å². The Morgan fingerprint density at radius 2 is 1.70 bits per heavy atom. The van der Waals surface area contributed by atoms with Gasteiger partial charge in [-0.2, -0.15) is 5.26 Å². The molecule has 1 amide bonds. The number of anilines is 1. The highest BCUT2D eigenvalue weighted by Gasteiger charge is 2.19. The number of sulfone groups is 1. The minimum absolute atomic E-state index is 0.0571. The quantitative estimate of drug-likeness (QED) is 0.165. The molecule has 0 bridgehead atoms. The molecule has 11 nitrogen and oxygen atoms in total. The number of carbonyl (C=O) groups excluding carboxylic acids is 1. The third-order valence-corrected chi connectivity index (χ3v) is 7.23. The van der Waals surface area contributed by atoms with E-state index in [9.17, 15) is 18.5 Å². The van der Waals surface area contributed by atoms with Gasteiger partial charge in [0.25, 0.3) is 5.91 Å². The van der Waals surface area contributed by atoms with E-state index in [1.807, 2.05) is 37.3 Å². The molecule has 3 aromatic rings. The van der Waals surface area contributed by atoms with Crippen molar-refractivity contribution in [1.82, 2.24) is 10.2 Å². The fourth-order valence-electron chi connectivity index (χ4n) is 2.95. The minimum Gasteiger partial charge on any atom is -0.493 e. The van der Waals surface area contributed by atoms with Crippen molar-refractivity contribution in [2.75, 3.05) is 39.0 Å². The lowest BCUT2D eigenvalue weighted by molar-refractivity contribution is -0.112. The van der Waals surface area contributed by atoms with E-state index in [4.69, 9.17) is 18.9 Å². The molecular weight excluding hydrogens is 520 g/mol. The van der Waals surface area contributed by atoms with Gasteiger partial charge < -0.3 is 18.9 Å². The first-order valence-corrected chi connectivity index (χ1v) is 13.4. The first-order valence-electron chi connectivity index (χ1n) is 10.7. The smallest absolute Gasteiger partial charge is 0.268 e. The molecular formula is C24H24N4O7S2. The first-order chi connectivity index (χ1) is 17.6. The molecule has 3 rings (SSSR count). The Balaban J connectivity index is 1.74. The molecule has 37 heavy (non-hydrogen) atoms. The van der Waals surface area contributed by atoms with E-state index in [0.29, 0.717) is 34.1 Å². The van der Waals surface area contributed by atoms with Gasteiger partial charge in [0.1, 0.15) is 30.6 Å². The number of amides is 1. The van der Waals surface area contributed by atoms with Crippen LogP contribution in [0.1, 0.15) is 11.1 Å². The number of carbonyl (C=O) groups is 1. The maximum atomic E-state index is 12.6. The Morgan fingerprint density at radius 1 is 1.08 bits per heavy atom. The van der Waals surface area contributed by atoms with E-state index in [1.165, 1.54) is 20.3 Å². The fourth-order valence-corrected chi connectivity index (χ4v) is 4.46. The second-order valence-corrected chi connectivity index (χ2v) is 10.7. The molecule has 0 saturated carbocycles. The third-order valence-electron chi connectivity index (χ3n) is 4.72. The van der Waals surface area contributed by atoms with Crippen molar-refractivity contribution < 1.29 is 32.2 Å². The number of methoxy groups -OCH3 is 2. The molecule has 194 valence electrons. The lowest BCUT2D eigenvalue weighted by atomic mass is 10.1. The van der Waals surface area contributed by atoms with Gasteiger partial charge in [0.15, 0.2) is 11.5 Å². The molecule has 0 atom stereocenters. The summed E-state index contributed by atoms with van der Waals surface area (Å²) < 4.78 is 45.2. The summed E-state index contributed by atoms with van der Waals surface area (Å²) >= 11 is 0.679. The van der Waals surface area contributed by atoms with E-state index in [2.05, 4.69) is 15.5 Å². The Bertz CT molecular complexity index is 1420. The number of rotatable bonds is 11. The van der Waals surface area contributed by atoms with Gasteiger partial charge in [0, 0.05) is 6.26 Å². The summed E-state index contributed by atoms with van der Waals surface area (Å²) in [5.74, 6) is 0.906. The van der Waals surface area contributed by atoms with Crippen LogP contribution in [-0.2, 0) is 14.6 Å². The van der Waals surface area contributed by atoms with Crippen LogP contribution in [0.25, 0.3) is 6.08 Å². The number of aryl methyl sites for hydroxylation is 1. The second kappa shape index (κ2) is 12.2. The number of nitrogens with one attached hydrogen (secondary N) is 1. The number of ether oxygens (including phenoxy) is 4. The van der Waals surface area contributed by atoms with E-state index in [0.717, 1.165) is 17.6 Å². The maximum Gasteiger partial charge on any atom is 0.268 e. The highest BCUT2D eigenvalue weighted by molar-refractivity contribution is 7.92. The monoisotopic (exact) mass is 544 g/mol. The normalized spacial score (nSPS) is 11.4. The Labute approximate surface area is 218 Å². The predicted molar refractivity (Wildman–Crippen MR) is 137 cm³/mol. The lowest BCUT2D eigenvalue weighted by Crippen LogP contribution is -2.13. The number of benzene rings is 2. The summed E-state index contributed by atoms with van der Waals surface area (Å²) in [7, 11) is -0.671. The van der Waals surface area contributed by atoms with Gasteiger partial charge >= 0.3 is 0 Å². The molecule has 0 aliphatic carbocycles. The number of aromatic nitrogens is 2. The van der Waals surface area contributed by atoms with Gasteiger partial charge in [-0.25, -0.2) is 8.42 Å². The van der Waals surface area contributed by atoms with Crippen LogP contribution in [0, 0.1) is 18.3 Å². The van der Waals surface area contributed by atoms with E-state index >= 15 is 0 Å². The summed E-state index contributed by atoms with van der Waals surface area (Å²) in [6.45, 7) is 2.48. The summed E-state index contributed by atoms with van der Waals surface area (Å²) in [5.41, 5.74) is 1.30. The fraction of sp³-hybridized carbons (Fsp3) is 0.250. The highest BCUT2D eigenvalue weighted by atomic mass is 32.2. The van der Waals surface area contributed by atoms with Crippen LogP contribution in [0.15, 0.2) is 46.3 Å². The molecule has 1 N–H and O–H groups in total. The molecule has 13 heteroatoms. The van der Waals surface area contributed by atoms with Crippen molar-refractivity contribution in [3.63, 3.8) is 0 Å². The average Bonchev–Trinajstić information content (AvgIpc) is 3.35. The van der Waals surface area contributed by atoms with Crippen LogP contribution in [-0.4, -0.2) is 58.2 Å². The van der Waals surface area contributed by atoms with Crippen LogP contribution in [0.5, 0.6) is 23.0 Å². The number of hydrogen-bond donors (Lipinski definition) is 1. The molecule has 0 saturated heterocycles. The Hall–Kier alpha value is -4.15. The molecule has 2 aromatic carbocycles. The molecule has 0 aliphatic rings. The molecule has 0 unspecified atom stereocenters. The molecule has 0 fully saturated rings. The van der Waals surface area contributed by atoms with Crippen LogP contribution in [0.3, 0.4) is 0 Å². The van der Waals surface area contributed by atoms with Gasteiger partial charge in [-0.3, -0.25) is 10.1 Å². The highest BCUT2D eigenvalue weighted by Crippen LogP contribution is 2.39. The summed E-state index contributed by atoms with van der Waals surface area (Å²) in [6.07, 6.45) is 2.30. The van der Waals surface area contributed by atoms with Crippen molar-refractivity contribution in [3.05, 3.63) is 53.1 Å². The van der Waals surface area contributed by atoms with Crippen molar-refractivity contribution in [2.24, 2.45) is 0 Å². The lowest BCUT2D eigenvalue weighted by Gasteiger charge is -2.16. The standard InChI is InChI=1S/C24H24N4O7S2/c1-15-5-7-18(8-6-15)34-9-10-35-21-19(32-2)12-16(13-20(21)33-3)11-17(14-25)22(29)26-23-27-28-24(36-23)37(4,30)31/h5-8,11-13H,9-10H2,1-4H3,(H,26,27,29)/b17-11-. The molecule has 0 radical (unpaired) electrons. The minimum atomic E-state index is -3.57. The van der Waals surface area contributed by atoms with E-state index in [1.54, 1.807) is 12.1 Å². The maximum absolute atomic E-state index is 12.6. The van der Waals surface area contributed by atoms with Gasteiger partial charge in [-0.15, -0.1) is 10.2 Å². The number of hydrogen-bond acceptors (Lipinski definition) is 11. The zero-order valence-corrected chi connectivity index (χ0v) is 22.1. The Kier molecular flexibility index (Phi) is 9.05. The van der Waals surface area contributed by atoms with E-state index < -0.39 is 15.7 Å². The van der Waals surface area contributed by atoms with Gasteiger partial charge in [-0.1, -0.05) is 29.0 Å². The van der Waals surface area contributed by atoms with Crippen LogP contribution < -0.4 is 24.3 Å². The third kappa shape index (κ3) is 7.42. The van der Waals surface area contributed by atoms with Gasteiger partial charge in [0.2, 0.25) is 25.1 Å². The van der Waals surface area contributed by atoms with Crippen LogP contribution in [0.4, 0.5) is 5.13 Å². The predicted octanol–water partition coefficient (Wildman–Crippen LogP) is 3.27. The summed E-state index contributed by atoms with van der Waals surface area (Å²) in [4.78, 5) is 12.6. The van der Waals surface area contributed by atoms with Crippen LogP contribution >= 0.6 is 11.3 Å². The van der Waals surface area contributed by atoms with Gasteiger partial charge in [0.05, 0.1) is 14.2 Å². The zero-order valence-electron chi connectivity index (χ0n) is 20.5. The SMILES string of the molecule is COc1cc(/C=C(/C#N)C(=O)Nc2nnc(S(C)(=O)=O)s2)cc(OC)c1OCCOc1ccc(C)cc1. The molecule has 0 aliphatic heterocycles. The summed E-state index contributed by atoms with van der Waals surface area (Å²) in [5, 5.41) is 19.0. The van der Waals surface area contributed by atoms with Crippen molar-refractivity contribution >= 4 is 38.3 Å². The number of nitriles is 1. The Morgan fingerprint density at radius 3 is 2.24 bits per heavy atom. The average molecular weight is 545 g/mol. The van der Waals surface area contributed by atoms with Crippen molar-refractivity contribution in [3.8, 4) is 29.1 Å². The zero-order chi connectivity index (χ0) is 27.0. The van der Waals surface area contributed by atoms with Crippen molar-refractivity contribution in [1.29, 1.82) is 5.26 Å². The second-order valence-electron chi connectivity index (χ2n) is 7.53. The first kappa shape index (κ1) is 27.4. The molecule has 1 heterocycles. The van der Waals surface area contributed by atoms with Gasteiger partial charge in [-0.05, 0) is 42.8 Å². The topological polar surface area (TPSA) is 150 Å². The molecule has 1 aromatic heterocycles. The molecule has 0 spiro atoms. The largest absolute Gasteiger partial charge is 0.493 e. The van der Waals surface area contributed by atoms with Crippen molar-refractivity contribution in [2.45, 2.75) is 11.3 Å². The van der Waals surface area contributed by atoms with Crippen LogP contribution in [0.2, 0.25) is 0 Å². The number of nitrogens with zero attached hydrogens (tertiary/aromatic N) is 3. The summed E-state index contributed by atoms with van der Waals surface area (Å²) in [6, 6.07) is 12.6.